The third kappa shape index (κ3) is 1.97. The van der Waals surface area contributed by atoms with E-state index in [2.05, 4.69) is 0 Å². The largest absolute Gasteiger partial charge is 0.385 e. The Labute approximate surface area is 116 Å². The molecule has 2 aliphatic heterocycles. The van der Waals surface area contributed by atoms with Crippen molar-refractivity contribution in [3.63, 3.8) is 0 Å². The zero-order valence-corrected chi connectivity index (χ0v) is 11.6. The monoisotopic (exact) mass is 302 g/mol. The highest BCUT2D eigenvalue weighted by Gasteiger charge is 2.53. The van der Waals surface area contributed by atoms with E-state index in [1.54, 1.807) is 6.07 Å². The second-order valence-corrected chi connectivity index (χ2v) is 8.25. The molecule has 2 bridgehead atoms. The number of hydrogen-bond acceptors (Lipinski definition) is 3. The minimum absolute atomic E-state index is 0.0234. The molecule has 3 rings (SSSR count). The molecule has 1 N–H and O–H groups in total. The molecule has 0 spiro atoms. The topological polar surface area (TPSA) is 54.4 Å². The maximum absolute atomic E-state index is 13.1. The molecule has 0 aliphatic carbocycles. The number of sulfone groups is 1. The summed E-state index contributed by atoms with van der Waals surface area (Å²) in [5, 5.41) is 9.59. The van der Waals surface area contributed by atoms with E-state index >= 15 is 0 Å². The summed E-state index contributed by atoms with van der Waals surface area (Å²) in [4.78, 5) is 0. The van der Waals surface area contributed by atoms with Crippen molar-refractivity contribution in [1.82, 2.24) is 0 Å². The van der Waals surface area contributed by atoms with Crippen LogP contribution in [0.1, 0.15) is 43.2 Å². The van der Waals surface area contributed by atoms with E-state index in [4.69, 9.17) is 0 Å². The first-order chi connectivity index (χ1) is 9.34. The Bertz CT molecular complexity index is 607. The average Bonchev–Trinajstić information content (AvgIpc) is 2.59. The minimum Gasteiger partial charge on any atom is -0.385 e. The van der Waals surface area contributed by atoms with Gasteiger partial charge in [0.15, 0.2) is 9.84 Å². The second kappa shape index (κ2) is 4.49. The van der Waals surface area contributed by atoms with Gasteiger partial charge in [0.05, 0.1) is 16.1 Å². The van der Waals surface area contributed by atoms with Crippen LogP contribution in [0.2, 0.25) is 0 Å². The normalized spacial score (nSPS) is 35.4. The highest BCUT2D eigenvalue weighted by atomic mass is 32.2. The fraction of sp³-hybridized carbons (Fsp3) is 0.571. The van der Waals surface area contributed by atoms with Crippen LogP contribution in [0.5, 0.6) is 0 Å². The van der Waals surface area contributed by atoms with Gasteiger partial charge in [0.25, 0.3) is 6.43 Å². The van der Waals surface area contributed by atoms with Crippen LogP contribution in [-0.4, -0.2) is 24.0 Å². The number of benzene rings is 1. The predicted octanol–water partition coefficient (Wildman–Crippen LogP) is 2.55. The molecule has 2 aliphatic rings. The molecule has 0 aromatic heterocycles. The Morgan fingerprint density at radius 2 is 1.70 bits per heavy atom. The lowest BCUT2D eigenvalue weighted by Crippen LogP contribution is -2.43. The van der Waals surface area contributed by atoms with Crippen molar-refractivity contribution < 1.29 is 22.3 Å². The van der Waals surface area contributed by atoms with Gasteiger partial charge < -0.3 is 5.11 Å². The first-order valence-corrected chi connectivity index (χ1v) is 8.28. The van der Waals surface area contributed by atoms with Gasteiger partial charge in [0.2, 0.25) is 0 Å². The smallest absolute Gasteiger partial charge is 0.264 e. The number of alkyl halides is 2. The molecule has 2 heterocycles. The van der Waals surface area contributed by atoms with Crippen molar-refractivity contribution in [2.45, 2.75) is 48.2 Å². The van der Waals surface area contributed by atoms with Crippen molar-refractivity contribution in [2.75, 3.05) is 0 Å². The van der Waals surface area contributed by atoms with Crippen molar-refractivity contribution in [3.05, 3.63) is 35.4 Å². The van der Waals surface area contributed by atoms with Gasteiger partial charge in [-0.05, 0) is 31.2 Å². The maximum atomic E-state index is 13.1. The molecule has 1 aromatic rings. The van der Waals surface area contributed by atoms with Gasteiger partial charge >= 0.3 is 0 Å². The van der Waals surface area contributed by atoms with Crippen molar-refractivity contribution in [2.24, 2.45) is 0 Å². The summed E-state index contributed by atoms with van der Waals surface area (Å²) in [6, 6.07) is 5.88. The molecule has 2 saturated heterocycles. The molecule has 0 saturated carbocycles. The molecular weight excluding hydrogens is 286 g/mol. The Hall–Kier alpha value is -1.01. The van der Waals surface area contributed by atoms with Gasteiger partial charge in [-0.1, -0.05) is 24.3 Å². The Kier molecular flexibility index (Phi) is 3.14. The lowest BCUT2D eigenvalue weighted by molar-refractivity contribution is 0.0128. The van der Waals surface area contributed by atoms with Crippen LogP contribution in [0.3, 0.4) is 0 Å². The van der Waals surface area contributed by atoms with Crippen LogP contribution in [0, 0.1) is 0 Å². The van der Waals surface area contributed by atoms with Crippen LogP contribution in [0.25, 0.3) is 0 Å². The fourth-order valence-electron chi connectivity index (χ4n) is 3.58. The highest BCUT2D eigenvalue weighted by Crippen LogP contribution is 2.49. The van der Waals surface area contributed by atoms with Crippen LogP contribution in [0.15, 0.2) is 24.3 Å². The lowest BCUT2D eigenvalue weighted by Gasteiger charge is -2.37. The molecule has 0 amide bonds. The second-order valence-electron chi connectivity index (χ2n) is 5.74. The Morgan fingerprint density at radius 3 is 2.25 bits per heavy atom. The quantitative estimate of drug-likeness (QED) is 0.913. The highest BCUT2D eigenvalue weighted by molar-refractivity contribution is 7.93. The van der Waals surface area contributed by atoms with Crippen molar-refractivity contribution in [1.29, 1.82) is 0 Å². The van der Waals surface area contributed by atoms with E-state index in [-0.39, 0.29) is 24.0 Å². The molecule has 2 atom stereocenters. The summed E-state index contributed by atoms with van der Waals surface area (Å²) in [5.74, 6) is 0. The summed E-state index contributed by atoms with van der Waals surface area (Å²) in [6.07, 6.45) is -1.59. The summed E-state index contributed by atoms with van der Waals surface area (Å²) >= 11 is 0. The Balaban J connectivity index is 2.04. The first-order valence-electron chi connectivity index (χ1n) is 6.67. The molecular formula is C14H16F2O3S. The standard InChI is InChI=1S/C14H16F2O3S/c15-13(16)11-3-1-2-4-12(11)14(17)7-9-5-6-10(8-14)20(9,18)19/h1-4,9-10,13,17H,5-8H2. The summed E-state index contributed by atoms with van der Waals surface area (Å²) < 4.78 is 50.3. The van der Waals surface area contributed by atoms with Gasteiger partial charge in [0, 0.05) is 5.56 Å². The van der Waals surface area contributed by atoms with Crippen LogP contribution < -0.4 is 0 Å². The molecule has 6 heteroatoms. The van der Waals surface area contributed by atoms with Crippen LogP contribution in [0.4, 0.5) is 8.78 Å². The number of fused-ring (bicyclic) bond motifs is 2. The first kappa shape index (κ1) is 13.9. The minimum atomic E-state index is -3.19. The molecule has 20 heavy (non-hydrogen) atoms. The van der Waals surface area contributed by atoms with Crippen molar-refractivity contribution >= 4 is 9.84 Å². The van der Waals surface area contributed by atoms with Crippen LogP contribution >= 0.6 is 0 Å². The van der Waals surface area contributed by atoms with Crippen LogP contribution in [-0.2, 0) is 15.4 Å². The molecule has 1 aromatic carbocycles. The molecule has 110 valence electrons. The van der Waals surface area contributed by atoms with Gasteiger partial charge in [-0.15, -0.1) is 0 Å². The van der Waals surface area contributed by atoms with E-state index < -0.39 is 32.4 Å². The van der Waals surface area contributed by atoms with E-state index in [9.17, 15) is 22.3 Å². The molecule has 0 radical (unpaired) electrons. The third-order valence-electron chi connectivity index (χ3n) is 4.57. The zero-order valence-electron chi connectivity index (χ0n) is 10.8. The number of hydrogen-bond donors (Lipinski definition) is 1. The van der Waals surface area contributed by atoms with E-state index in [1.807, 2.05) is 0 Å². The number of rotatable bonds is 2. The Morgan fingerprint density at radius 1 is 1.15 bits per heavy atom. The fourth-order valence-corrected chi connectivity index (χ4v) is 6.07. The molecule has 2 unspecified atom stereocenters. The average molecular weight is 302 g/mol. The number of halogens is 2. The third-order valence-corrected chi connectivity index (χ3v) is 7.23. The van der Waals surface area contributed by atoms with E-state index in [1.165, 1.54) is 18.2 Å². The van der Waals surface area contributed by atoms with Gasteiger partial charge in [0.1, 0.15) is 0 Å². The van der Waals surface area contributed by atoms with E-state index in [0.717, 1.165) is 0 Å². The lowest BCUT2D eigenvalue weighted by atomic mass is 9.83. The van der Waals surface area contributed by atoms with Crippen molar-refractivity contribution in [3.8, 4) is 0 Å². The zero-order chi connectivity index (χ0) is 14.5. The van der Waals surface area contributed by atoms with Gasteiger partial charge in [-0.2, -0.15) is 0 Å². The summed E-state index contributed by atoms with van der Waals surface area (Å²) in [5.41, 5.74) is -1.47. The van der Waals surface area contributed by atoms with Gasteiger partial charge in [-0.25, -0.2) is 17.2 Å². The number of aliphatic hydroxyl groups is 1. The summed E-state index contributed by atoms with van der Waals surface area (Å²) in [7, 11) is -3.19. The van der Waals surface area contributed by atoms with Gasteiger partial charge in [-0.3, -0.25) is 0 Å². The molecule has 3 nitrogen and oxygen atoms in total. The SMILES string of the molecule is O=S1(=O)C2CCC1CC(O)(c1ccccc1C(F)F)C2. The van der Waals surface area contributed by atoms with E-state index in [0.29, 0.717) is 12.8 Å². The predicted molar refractivity (Wildman–Crippen MR) is 70.3 cm³/mol. The maximum Gasteiger partial charge on any atom is 0.264 e. The molecule has 2 fully saturated rings. The summed E-state index contributed by atoms with van der Waals surface area (Å²) in [6.45, 7) is 0.